The van der Waals surface area contributed by atoms with Crippen molar-refractivity contribution in [2.45, 2.75) is 13.3 Å². The molecule has 186 valence electrons. The molecule has 2 saturated heterocycles. The Morgan fingerprint density at radius 1 is 1.06 bits per heavy atom. The van der Waals surface area contributed by atoms with Gasteiger partial charge < -0.3 is 25.0 Å². The largest absolute Gasteiger partial charge is 0.484 e. The molecule has 9 heteroatoms. The molecule has 35 heavy (non-hydrogen) atoms. The van der Waals surface area contributed by atoms with Crippen molar-refractivity contribution in [2.24, 2.45) is 5.92 Å². The lowest BCUT2D eigenvalue weighted by atomic mass is 10.1. The first-order valence-electron chi connectivity index (χ1n) is 12.0. The SMILES string of the molecule is Cc1ccc(NC(=O)COc2ccc(N3C[C@H](C(=O)NCCN4CCOCC4)CC3=O)cc2)cc1. The molecule has 4 rings (SSSR count). The number of nitrogens with zero attached hydrogens (tertiary/aromatic N) is 2. The molecule has 0 radical (unpaired) electrons. The molecule has 0 unspecified atom stereocenters. The number of benzene rings is 2. The van der Waals surface area contributed by atoms with Crippen molar-refractivity contribution in [1.82, 2.24) is 10.2 Å². The minimum Gasteiger partial charge on any atom is -0.484 e. The maximum atomic E-state index is 12.6. The van der Waals surface area contributed by atoms with Crippen molar-refractivity contribution in [1.29, 1.82) is 0 Å². The number of nitrogens with one attached hydrogen (secondary N) is 2. The molecule has 2 aromatic rings. The van der Waals surface area contributed by atoms with E-state index >= 15 is 0 Å². The highest BCUT2D eigenvalue weighted by molar-refractivity contribution is 6.00. The molecule has 9 nitrogen and oxygen atoms in total. The van der Waals surface area contributed by atoms with Crippen LogP contribution in [0, 0.1) is 12.8 Å². The van der Waals surface area contributed by atoms with Gasteiger partial charge in [-0.1, -0.05) is 17.7 Å². The molecule has 2 aliphatic rings. The van der Waals surface area contributed by atoms with E-state index in [1.165, 1.54) is 0 Å². The van der Waals surface area contributed by atoms with Crippen molar-refractivity contribution < 1.29 is 23.9 Å². The Labute approximate surface area is 205 Å². The molecule has 2 N–H and O–H groups in total. The third-order valence-corrected chi connectivity index (χ3v) is 6.18. The summed E-state index contributed by atoms with van der Waals surface area (Å²) in [7, 11) is 0. The minimum absolute atomic E-state index is 0.0792. The Morgan fingerprint density at radius 3 is 2.49 bits per heavy atom. The average Bonchev–Trinajstić information content (AvgIpc) is 3.27. The predicted molar refractivity (Wildman–Crippen MR) is 132 cm³/mol. The molecule has 2 fully saturated rings. The van der Waals surface area contributed by atoms with Crippen molar-refractivity contribution in [3.63, 3.8) is 0 Å². The van der Waals surface area contributed by atoms with E-state index in [2.05, 4.69) is 15.5 Å². The topological polar surface area (TPSA) is 100 Å². The van der Waals surface area contributed by atoms with Crippen LogP contribution in [0.5, 0.6) is 5.75 Å². The van der Waals surface area contributed by atoms with E-state index in [0.29, 0.717) is 30.2 Å². The van der Waals surface area contributed by atoms with Gasteiger partial charge in [0.05, 0.1) is 19.1 Å². The third-order valence-electron chi connectivity index (χ3n) is 6.18. The minimum atomic E-state index is -0.367. The fourth-order valence-corrected chi connectivity index (χ4v) is 4.14. The van der Waals surface area contributed by atoms with E-state index in [9.17, 15) is 14.4 Å². The number of hydrogen-bond donors (Lipinski definition) is 2. The lowest BCUT2D eigenvalue weighted by molar-refractivity contribution is -0.126. The van der Waals surface area contributed by atoms with Crippen LogP contribution < -0.4 is 20.3 Å². The molecule has 2 aliphatic heterocycles. The number of carbonyl (C=O) groups excluding carboxylic acids is 3. The van der Waals surface area contributed by atoms with Crippen LogP contribution in [0.4, 0.5) is 11.4 Å². The number of anilines is 2. The summed E-state index contributed by atoms with van der Waals surface area (Å²) in [6, 6.07) is 14.5. The van der Waals surface area contributed by atoms with E-state index in [0.717, 1.165) is 38.4 Å². The van der Waals surface area contributed by atoms with E-state index in [1.807, 2.05) is 31.2 Å². The Balaban J connectivity index is 1.21. The summed E-state index contributed by atoms with van der Waals surface area (Å²) < 4.78 is 10.9. The summed E-state index contributed by atoms with van der Waals surface area (Å²) >= 11 is 0. The first-order chi connectivity index (χ1) is 17.0. The number of aryl methyl sites for hydroxylation is 1. The summed E-state index contributed by atoms with van der Waals surface area (Å²) in [6.45, 7) is 6.76. The second-order valence-electron chi connectivity index (χ2n) is 8.85. The smallest absolute Gasteiger partial charge is 0.262 e. The zero-order valence-corrected chi connectivity index (χ0v) is 20.0. The predicted octanol–water partition coefficient (Wildman–Crippen LogP) is 1.81. The summed E-state index contributed by atoms with van der Waals surface area (Å²) in [4.78, 5) is 41.1. The highest BCUT2D eigenvalue weighted by Gasteiger charge is 2.35. The third kappa shape index (κ3) is 7.03. The average molecular weight is 481 g/mol. The number of carbonyl (C=O) groups is 3. The van der Waals surface area contributed by atoms with Gasteiger partial charge in [-0.25, -0.2) is 0 Å². The molecule has 0 aliphatic carbocycles. The Bertz CT molecular complexity index is 1020. The van der Waals surface area contributed by atoms with Gasteiger partial charge in [0, 0.05) is 50.5 Å². The van der Waals surface area contributed by atoms with Crippen LogP contribution in [0.3, 0.4) is 0 Å². The second kappa shape index (κ2) is 11.8. The second-order valence-corrected chi connectivity index (χ2v) is 8.85. The fourth-order valence-electron chi connectivity index (χ4n) is 4.14. The molecule has 0 saturated carbocycles. The maximum Gasteiger partial charge on any atom is 0.262 e. The quantitative estimate of drug-likeness (QED) is 0.568. The zero-order chi connectivity index (χ0) is 24.6. The maximum absolute atomic E-state index is 12.6. The lowest BCUT2D eigenvalue weighted by Crippen LogP contribution is -2.42. The Morgan fingerprint density at radius 2 is 1.77 bits per heavy atom. The zero-order valence-electron chi connectivity index (χ0n) is 20.0. The summed E-state index contributed by atoms with van der Waals surface area (Å²) in [6.07, 6.45) is 0.195. The molecule has 0 aromatic heterocycles. The number of rotatable bonds is 9. The van der Waals surface area contributed by atoms with Gasteiger partial charge in [0.25, 0.3) is 5.91 Å². The van der Waals surface area contributed by atoms with Gasteiger partial charge in [0.1, 0.15) is 5.75 Å². The first-order valence-corrected chi connectivity index (χ1v) is 12.0. The lowest BCUT2D eigenvalue weighted by Gasteiger charge is -2.26. The standard InChI is InChI=1S/C26H32N4O5/c1-19-2-4-21(5-3-19)28-24(31)18-35-23-8-6-22(7-9-23)30-17-20(16-25(30)32)26(33)27-10-11-29-12-14-34-15-13-29/h2-9,20H,10-18H2,1H3,(H,27,33)(H,28,31)/t20-/m1/s1. The van der Waals surface area contributed by atoms with Crippen molar-refractivity contribution in [3.8, 4) is 5.75 Å². The van der Waals surface area contributed by atoms with Crippen LogP contribution in [0.25, 0.3) is 0 Å². The number of hydrogen-bond acceptors (Lipinski definition) is 6. The normalized spacial score (nSPS) is 18.4. The Kier molecular flexibility index (Phi) is 8.33. The van der Waals surface area contributed by atoms with Crippen LogP contribution in [0.1, 0.15) is 12.0 Å². The first kappa shape index (κ1) is 24.7. The van der Waals surface area contributed by atoms with Gasteiger partial charge in [-0.05, 0) is 43.3 Å². The van der Waals surface area contributed by atoms with Gasteiger partial charge >= 0.3 is 0 Å². The van der Waals surface area contributed by atoms with Gasteiger partial charge in [-0.15, -0.1) is 0 Å². The van der Waals surface area contributed by atoms with Gasteiger partial charge in [-0.3, -0.25) is 19.3 Å². The molecule has 2 aromatic carbocycles. The van der Waals surface area contributed by atoms with E-state index < -0.39 is 0 Å². The number of ether oxygens (including phenoxy) is 2. The summed E-state index contributed by atoms with van der Waals surface area (Å²) in [5.41, 5.74) is 2.54. The molecule has 2 heterocycles. The molecule has 0 bridgehead atoms. The van der Waals surface area contributed by atoms with Crippen LogP contribution >= 0.6 is 0 Å². The van der Waals surface area contributed by atoms with Crippen LogP contribution in [-0.4, -0.2) is 75.2 Å². The molecular formula is C26H32N4O5. The Hall–Kier alpha value is -3.43. The monoisotopic (exact) mass is 480 g/mol. The van der Waals surface area contributed by atoms with Crippen LogP contribution in [0.2, 0.25) is 0 Å². The van der Waals surface area contributed by atoms with Gasteiger partial charge in [-0.2, -0.15) is 0 Å². The van der Waals surface area contributed by atoms with Crippen molar-refractivity contribution >= 4 is 29.1 Å². The molecular weight excluding hydrogens is 448 g/mol. The summed E-state index contributed by atoms with van der Waals surface area (Å²) in [5, 5.41) is 5.75. The number of amides is 3. The highest BCUT2D eigenvalue weighted by Crippen LogP contribution is 2.27. The van der Waals surface area contributed by atoms with Crippen LogP contribution in [-0.2, 0) is 19.1 Å². The number of morpholine rings is 1. The fraction of sp³-hybridized carbons (Fsp3) is 0.423. The van der Waals surface area contributed by atoms with Crippen molar-refractivity contribution in [2.75, 3.05) is 62.8 Å². The van der Waals surface area contributed by atoms with Crippen molar-refractivity contribution in [3.05, 3.63) is 54.1 Å². The van der Waals surface area contributed by atoms with E-state index in [1.54, 1.807) is 29.2 Å². The van der Waals surface area contributed by atoms with E-state index in [4.69, 9.17) is 9.47 Å². The van der Waals surface area contributed by atoms with E-state index in [-0.39, 0.29) is 36.7 Å². The van der Waals surface area contributed by atoms with Gasteiger partial charge in [0.15, 0.2) is 6.61 Å². The molecule has 1 atom stereocenters. The summed E-state index contributed by atoms with van der Waals surface area (Å²) in [5.74, 6) is -0.265. The van der Waals surface area contributed by atoms with Gasteiger partial charge in [0.2, 0.25) is 11.8 Å². The molecule has 3 amide bonds. The van der Waals surface area contributed by atoms with Crippen LogP contribution in [0.15, 0.2) is 48.5 Å². The molecule has 0 spiro atoms. The highest BCUT2D eigenvalue weighted by atomic mass is 16.5.